The summed E-state index contributed by atoms with van der Waals surface area (Å²) in [5.74, 6) is -0.755. The number of carbonyl (C=O) groups is 1. The molecule has 1 aromatic heterocycles. The Morgan fingerprint density at radius 2 is 1.85 bits per heavy atom. The molecule has 0 saturated carbocycles. The Morgan fingerprint density at radius 3 is 2.42 bits per heavy atom. The number of rotatable bonds is 4. The molecule has 0 bridgehead atoms. The Kier molecular flexibility index (Phi) is 4.99. The van der Waals surface area contributed by atoms with Crippen molar-refractivity contribution in [2.24, 2.45) is 0 Å². The van der Waals surface area contributed by atoms with Crippen LogP contribution in [0.5, 0.6) is 5.75 Å². The topological polar surface area (TPSA) is 75.9 Å². The van der Waals surface area contributed by atoms with Crippen LogP contribution in [-0.2, 0) is 6.42 Å². The summed E-state index contributed by atoms with van der Waals surface area (Å²) in [6.07, 6.45) is 4.40. The molecule has 0 unspecified atom stereocenters. The molecule has 0 spiro atoms. The molecule has 0 aliphatic heterocycles. The van der Waals surface area contributed by atoms with Crippen LogP contribution in [0.2, 0.25) is 0 Å². The molecular weight excluding hydrogens is 333 g/mol. The summed E-state index contributed by atoms with van der Waals surface area (Å²) in [5.41, 5.74) is 2.02. The van der Waals surface area contributed by atoms with Gasteiger partial charge in [-0.25, -0.2) is 19.2 Å². The second kappa shape index (κ2) is 7.53. The lowest BCUT2D eigenvalue weighted by Crippen LogP contribution is -2.08. The summed E-state index contributed by atoms with van der Waals surface area (Å²) in [6, 6.07) is 12.0. The van der Waals surface area contributed by atoms with E-state index in [1.54, 1.807) is 42.7 Å². The van der Waals surface area contributed by atoms with Crippen LogP contribution in [0.3, 0.4) is 0 Å². The summed E-state index contributed by atoms with van der Waals surface area (Å²) < 4.78 is 18.7. The average Bonchev–Trinajstić information content (AvgIpc) is 2.68. The fourth-order valence-electron chi connectivity index (χ4n) is 2.26. The molecular formula is C20H14FN3O2. The molecule has 0 radical (unpaired) electrons. The summed E-state index contributed by atoms with van der Waals surface area (Å²) in [6.45, 7) is 2.03. The first-order chi connectivity index (χ1) is 12.6. The van der Waals surface area contributed by atoms with Gasteiger partial charge in [0.25, 0.3) is 0 Å². The SMILES string of the molecule is CCc1cnc(-c2ccc(C(=O)Oc3ccc(C#N)c(F)c3)cc2)nc1. The van der Waals surface area contributed by atoms with Crippen LogP contribution in [-0.4, -0.2) is 15.9 Å². The van der Waals surface area contributed by atoms with Crippen LogP contribution in [0.1, 0.15) is 28.4 Å². The fraction of sp³-hybridized carbons (Fsp3) is 0.100. The number of hydrogen-bond acceptors (Lipinski definition) is 5. The smallest absolute Gasteiger partial charge is 0.343 e. The lowest BCUT2D eigenvalue weighted by Gasteiger charge is -2.06. The van der Waals surface area contributed by atoms with Gasteiger partial charge in [-0.2, -0.15) is 5.26 Å². The average molecular weight is 347 g/mol. The predicted octanol–water partition coefficient (Wildman–Crippen LogP) is 3.94. The number of nitriles is 1. The molecule has 5 nitrogen and oxygen atoms in total. The molecule has 6 heteroatoms. The monoisotopic (exact) mass is 347 g/mol. The Morgan fingerprint density at radius 1 is 1.15 bits per heavy atom. The number of carbonyl (C=O) groups excluding carboxylic acids is 1. The van der Waals surface area contributed by atoms with Crippen molar-refractivity contribution in [1.82, 2.24) is 9.97 Å². The van der Waals surface area contributed by atoms with E-state index in [4.69, 9.17) is 10.00 Å². The standard InChI is InChI=1S/C20H14FN3O2/c1-2-13-11-23-19(24-12-13)14-3-5-15(6-4-14)20(25)26-17-8-7-16(10-22)18(21)9-17/h3-9,11-12H,2H2,1H3. The van der Waals surface area contributed by atoms with E-state index in [-0.39, 0.29) is 11.3 Å². The van der Waals surface area contributed by atoms with E-state index in [0.29, 0.717) is 11.4 Å². The zero-order valence-electron chi connectivity index (χ0n) is 13.9. The van der Waals surface area contributed by atoms with Gasteiger partial charge in [0.1, 0.15) is 17.6 Å². The summed E-state index contributed by atoms with van der Waals surface area (Å²) in [5, 5.41) is 8.71. The molecule has 1 heterocycles. The number of hydrogen-bond donors (Lipinski definition) is 0. The van der Waals surface area contributed by atoms with E-state index in [9.17, 15) is 9.18 Å². The normalized spacial score (nSPS) is 10.2. The second-order valence-corrected chi connectivity index (χ2v) is 5.49. The van der Waals surface area contributed by atoms with Crippen LogP contribution >= 0.6 is 0 Å². The van der Waals surface area contributed by atoms with E-state index < -0.39 is 11.8 Å². The van der Waals surface area contributed by atoms with Crippen LogP contribution < -0.4 is 4.74 Å². The highest BCUT2D eigenvalue weighted by molar-refractivity contribution is 5.91. The Labute approximate surface area is 149 Å². The van der Waals surface area contributed by atoms with E-state index in [0.717, 1.165) is 23.6 Å². The van der Waals surface area contributed by atoms with Gasteiger partial charge in [0.2, 0.25) is 0 Å². The third-order valence-electron chi connectivity index (χ3n) is 3.76. The van der Waals surface area contributed by atoms with Gasteiger partial charge in [-0.3, -0.25) is 0 Å². The first-order valence-corrected chi connectivity index (χ1v) is 7.94. The van der Waals surface area contributed by atoms with Gasteiger partial charge in [0, 0.05) is 24.0 Å². The van der Waals surface area contributed by atoms with E-state index in [2.05, 4.69) is 9.97 Å². The van der Waals surface area contributed by atoms with Crippen LogP contribution in [0.15, 0.2) is 54.9 Å². The van der Waals surface area contributed by atoms with Crippen molar-refractivity contribution in [2.45, 2.75) is 13.3 Å². The third kappa shape index (κ3) is 3.73. The van der Waals surface area contributed by atoms with Crippen molar-refractivity contribution >= 4 is 5.97 Å². The third-order valence-corrected chi connectivity index (χ3v) is 3.76. The van der Waals surface area contributed by atoms with Gasteiger partial charge in [0.05, 0.1) is 11.1 Å². The number of esters is 1. The molecule has 0 aliphatic carbocycles. The lowest BCUT2D eigenvalue weighted by atomic mass is 10.1. The number of nitrogens with zero attached hydrogens (tertiary/aromatic N) is 3. The van der Waals surface area contributed by atoms with Crippen molar-refractivity contribution in [3.8, 4) is 23.2 Å². The van der Waals surface area contributed by atoms with Gasteiger partial charge in [0.15, 0.2) is 5.82 Å². The molecule has 0 atom stereocenters. The largest absolute Gasteiger partial charge is 0.423 e. The fourth-order valence-corrected chi connectivity index (χ4v) is 2.26. The highest BCUT2D eigenvalue weighted by Gasteiger charge is 2.11. The van der Waals surface area contributed by atoms with E-state index in [1.165, 1.54) is 12.1 Å². The van der Waals surface area contributed by atoms with E-state index >= 15 is 0 Å². The minimum Gasteiger partial charge on any atom is -0.423 e. The van der Waals surface area contributed by atoms with Gasteiger partial charge in [-0.15, -0.1) is 0 Å². The predicted molar refractivity (Wildman–Crippen MR) is 92.9 cm³/mol. The first kappa shape index (κ1) is 17.2. The molecule has 3 rings (SSSR count). The Balaban J connectivity index is 1.74. The second-order valence-electron chi connectivity index (χ2n) is 5.49. The summed E-state index contributed by atoms with van der Waals surface area (Å²) in [7, 11) is 0. The van der Waals surface area contributed by atoms with Gasteiger partial charge < -0.3 is 4.74 Å². The molecule has 128 valence electrons. The molecule has 0 aliphatic rings. The summed E-state index contributed by atoms with van der Waals surface area (Å²) >= 11 is 0. The van der Waals surface area contributed by atoms with Crippen LogP contribution in [0, 0.1) is 17.1 Å². The van der Waals surface area contributed by atoms with Crippen molar-refractivity contribution in [3.05, 3.63) is 77.4 Å². The molecule has 0 fully saturated rings. The molecule has 0 amide bonds. The molecule has 0 N–H and O–H groups in total. The molecule has 0 saturated heterocycles. The zero-order chi connectivity index (χ0) is 18.5. The van der Waals surface area contributed by atoms with Crippen molar-refractivity contribution in [2.75, 3.05) is 0 Å². The maximum Gasteiger partial charge on any atom is 0.343 e. The molecule has 26 heavy (non-hydrogen) atoms. The highest BCUT2D eigenvalue weighted by atomic mass is 19.1. The number of aromatic nitrogens is 2. The Hall–Kier alpha value is -3.59. The summed E-state index contributed by atoms with van der Waals surface area (Å²) in [4.78, 5) is 20.8. The maximum absolute atomic E-state index is 13.6. The van der Waals surface area contributed by atoms with E-state index in [1.807, 2.05) is 6.92 Å². The quantitative estimate of drug-likeness (QED) is 0.528. The van der Waals surface area contributed by atoms with Crippen molar-refractivity contribution < 1.29 is 13.9 Å². The molecule has 2 aromatic carbocycles. The first-order valence-electron chi connectivity index (χ1n) is 7.94. The maximum atomic E-state index is 13.6. The van der Waals surface area contributed by atoms with Crippen molar-refractivity contribution in [3.63, 3.8) is 0 Å². The Bertz CT molecular complexity index is 977. The highest BCUT2D eigenvalue weighted by Crippen LogP contribution is 2.19. The van der Waals surface area contributed by atoms with Crippen LogP contribution in [0.25, 0.3) is 11.4 Å². The number of benzene rings is 2. The van der Waals surface area contributed by atoms with Gasteiger partial charge in [-0.1, -0.05) is 19.1 Å². The number of halogens is 1. The van der Waals surface area contributed by atoms with Gasteiger partial charge in [-0.05, 0) is 36.2 Å². The number of aryl methyl sites for hydroxylation is 1. The lowest BCUT2D eigenvalue weighted by molar-refractivity contribution is 0.0734. The number of ether oxygens (including phenoxy) is 1. The van der Waals surface area contributed by atoms with Crippen LogP contribution in [0.4, 0.5) is 4.39 Å². The minimum absolute atomic E-state index is 0.0362. The zero-order valence-corrected chi connectivity index (χ0v) is 13.9. The van der Waals surface area contributed by atoms with Gasteiger partial charge >= 0.3 is 5.97 Å². The van der Waals surface area contributed by atoms with Crippen molar-refractivity contribution in [1.29, 1.82) is 5.26 Å². The molecule has 3 aromatic rings. The minimum atomic E-state index is -0.735.